The molecule has 2 amide bonds. The second-order valence-corrected chi connectivity index (χ2v) is 8.48. The van der Waals surface area contributed by atoms with Crippen molar-refractivity contribution in [3.8, 4) is 11.4 Å². The maximum Gasteiger partial charge on any atom is 0.291 e. The maximum absolute atomic E-state index is 13.1. The summed E-state index contributed by atoms with van der Waals surface area (Å²) >= 11 is 5.94. The number of benzene rings is 2. The van der Waals surface area contributed by atoms with Gasteiger partial charge >= 0.3 is 0 Å². The number of rotatable bonds is 5. The highest BCUT2D eigenvalue weighted by atomic mass is 35.5. The van der Waals surface area contributed by atoms with Crippen LogP contribution in [0.2, 0.25) is 5.02 Å². The molecular weight excluding hydrogens is 456 g/mol. The van der Waals surface area contributed by atoms with Crippen molar-refractivity contribution in [1.82, 2.24) is 15.0 Å². The molecule has 34 heavy (non-hydrogen) atoms. The Balaban J connectivity index is 1.20. The van der Waals surface area contributed by atoms with E-state index in [1.54, 1.807) is 53.4 Å². The van der Waals surface area contributed by atoms with Crippen LogP contribution < -0.4 is 5.32 Å². The number of carbonyl (C=O) groups excluding carboxylic acids is 2. The van der Waals surface area contributed by atoms with Crippen molar-refractivity contribution in [3.63, 3.8) is 0 Å². The van der Waals surface area contributed by atoms with Crippen LogP contribution in [-0.2, 0) is 0 Å². The molecule has 9 heteroatoms. The predicted octanol–water partition coefficient (Wildman–Crippen LogP) is 5.26. The van der Waals surface area contributed by atoms with Gasteiger partial charge in [-0.2, -0.15) is 4.98 Å². The van der Waals surface area contributed by atoms with Gasteiger partial charge in [0.1, 0.15) is 0 Å². The molecule has 172 valence electrons. The SMILES string of the molecule is O=C(Nc1cccc(C(=O)N2CCC(c3nc(-c4ccc(Cl)cc4)no3)CC2)c1)c1ccco1. The molecule has 8 nitrogen and oxygen atoms in total. The molecule has 1 fully saturated rings. The third-order valence-electron chi connectivity index (χ3n) is 5.79. The third kappa shape index (κ3) is 4.72. The lowest BCUT2D eigenvalue weighted by Gasteiger charge is -2.30. The lowest BCUT2D eigenvalue weighted by molar-refractivity contribution is 0.0704. The fraction of sp³-hybridized carbons (Fsp3) is 0.200. The number of hydrogen-bond donors (Lipinski definition) is 1. The first-order valence-corrected chi connectivity index (χ1v) is 11.3. The number of halogens is 1. The van der Waals surface area contributed by atoms with Crippen molar-refractivity contribution in [2.75, 3.05) is 18.4 Å². The Labute approximate surface area is 200 Å². The van der Waals surface area contributed by atoms with Crippen LogP contribution in [0, 0.1) is 0 Å². The van der Waals surface area contributed by atoms with Crippen LogP contribution in [0.25, 0.3) is 11.4 Å². The third-order valence-corrected chi connectivity index (χ3v) is 6.04. The van der Waals surface area contributed by atoms with Gasteiger partial charge < -0.3 is 19.2 Å². The molecule has 2 aromatic carbocycles. The molecule has 0 unspecified atom stereocenters. The summed E-state index contributed by atoms with van der Waals surface area (Å²) in [5, 5.41) is 7.49. The summed E-state index contributed by atoms with van der Waals surface area (Å²) in [6.45, 7) is 1.15. The predicted molar refractivity (Wildman–Crippen MR) is 126 cm³/mol. The van der Waals surface area contributed by atoms with E-state index < -0.39 is 0 Å². The number of hydrogen-bond acceptors (Lipinski definition) is 6. The Morgan fingerprint density at radius 3 is 2.56 bits per heavy atom. The molecule has 1 aliphatic heterocycles. The molecule has 0 aliphatic carbocycles. The number of carbonyl (C=O) groups is 2. The summed E-state index contributed by atoms with van der Waals surface area (Å²) in [5.41, 5.74) is 1.88. The van der Waals surface area contributed by atoms with Gasteiger partial charge in [-0.15, -0.1) is 0 Å². The van der Waals surface area contributed by atoms with Crippen LogP contribution in [-0.4, -0.2) is 39.9 Å². The van der Waals surface area contributed by atoms with Crippen molar-refractivity contribution < 1.29 is 18.5 Å². The fourth-order valence-corrected chi connectivity index (χ4v) is 4.09. The Morgan fingerprint density at radius 2 is 1.82 bits per heavy atom. The number of piperidine rings is 1. The summed E-state index contributed by atoms with van der Waals surface area (Å²) in [4.78, 5) is 31.6. The minimum Gasteiger partial charge on any atom is -0.459 e. The highest BCUT2D eigenvalue weighted by molar-refractivity contribution is 6.30. The lowest BCUT2D eigenvalue weighted by Crippen LogP contribution is -2.38. The molecule has 1 saturated heterocycles. The van der Waals surface area contributed by atoms with Crippen LogP contribution in [0.1, 0.15) is 45.6 Å². The zero-order valence-corrected chi connectivity index (χ0v) is 18.9. The van der Waals surface area contributed by atoms with E-state index in [9.17, 15) is 9.59 Å². The van der Waals surface area contributed by atoms with Gasteiger partial charge in [0, 0.05) is 40.8 Å². The molecule has 0 spiro atoms. The van der Waals surface area contributed by atoms with Crippen molar-refractivity contribution in [2.45, 2.75) is 18.8 Å². The first-order chi connectivity index (χ1) is 16.6. The molecule has 0 radical (unpaired) electrons. The molecule has 4 aromatic rings. The van der Waals surface area contributed by atoms with Gasteiger partial charge in [-0.3, -0.25) is 9.59 Å². The average Bonchev–Trinajstić information content (AvgIpc) is 3.57. The first-order valence-electron chi connectivity index (χ1n) is 10.9. The number of furan rings is 1. The monoisotopic (exact) mass is 476 g/mol. The first kappa shape index (κ1) is 21.9. The molecule has 1 aliphatic rings. The van der Waals surface area contributed by atoms with Gasteiger partial charge in [-0.1, -0.05) is 22.8 Å². The van der Waals surface area contributed by atoms with Crippen molar-refractivity contribution in [2.24, 2.45) is 0 Å². The number of likely N-dealkylation sites (tertiary alicyclic amines) is 1. The van der Waals surface area contributed by atoms with E-state index in [-0.39, 0.29) is 23.5 Å². The Morgan fingerprint density at radius 1 is 1.03 bits per heavy atom. The summed E-state index contributed by atoms with van der Waals surface area (Å²) < 4.78 is 10.6. The van der Waals surface area contributed by atoms with Gasteiger partial charge in [-0.25, -0.2) is 0 Å². The van der Waals surface area contributed by atoms with E-state index in [2.05, 4.69) is 15.5 Å². The van der Waals surface area contributed by atoms with E-state index in [1.165, 1.54) is 6.26 Å². The summed E-state index contributed by atoms with van der Waals surface area (Å²) in [6, 6.07) is 17.4. The van der Waals surface area contributed by atoms with Crippen LogP contribution in [0.5, 0.6) is 0 Å². The van der Waals surface area contributed by atoms with Gasteiger partial charge in [0.25, 0.3) is 11.8 Å². The zero-order valence-electron chi connectivity index (χ0n) is 18.1. The summed E-state index contributed by atoms with van der Waals surface area (Å²) in [7, 11) is 0. The highest BCUT2D eigenvalue weighted by Crippen LogP contribution is 2.29. The van der Waals surface area contributed by atoms with E-state index >= 15 is 0 Å². The Hall–Kier alpha value is -3.91. The quantitative estimate of drug-likeness (QED) is 0.422. The van der Waals surface area contributed by atoms with Gasteiger partial charge in [0.05, 0.1) is 6.26 Å². The van der Waals surface area contributed by atoms with Crippen LogP contribution in [0.4, 0.5) is 5.69 Å². The largest absolute Gasteiger partial charge is 0.459 e. The minimum absolute atomic E-state index is 0.0834. The highest BCUT2D eigenvalue weighted by Gasteiger charge is 2.28. The van der Waals surface area contributed by atoms with Crippen LogP contribution in [0.3, 0.4) is 0 Å². The molecule has 1 N–H and O–H groups in total. The zero-order chi connectivity index (χ0) is 23.5. The van der Waals surface area contributed by atoms with Crippen LogP contribution >= 0.6 is 11.6 Å². The normalized spacial score (nSPS) is 14.2. The smallest absolute Gasteiger partial charge is 0.291 e. The summed E-state index contributed by atoms with van der Waals surface area (Å²) in [5.74, 6) is 0.960. The van der Waals surface area contributed by atoms with Gasteiger partial charge in [0.2, 0.25) is 11.7 Å². The molecule has 0 saturated carbocycles. The van der Waals surface area contributed by atoms with E-state index in [0.717, 1.165) is 18.4 Å². The lowest BCUT2D eigenvalue weighted by atomic mass is 9.96. The molecule has 5 rings (SSSR count). The second-order valence-electron chi connectivity index (χ2n) is 8.04. The minimum atomic E-state index is -0.368. The number of nitrogens with zero attached hydrogens (tertiary/aromatic N) is 3. The van der Waals surface area contributed by atoms with E-state index in [4.69, 9.17) is 20.5 Å². The number of amides is 2. The van der Waals surface area contributed by atoms with Gasteiger partial charge in [0.15, 0.2) is 5.76 Å². The Bertz CT molecular complexity index is 1290. The van der Waals surface area contributed by atoms with Crippen LogP contribution in [0.15, 0.2) is 75.9 Å². The van der Waals surface area contributed by atoms with Gasteiger partial charge in [-0.05, 0) is 67.4 Å². The number of nitrogens with one attached hydrogen (secondary N) is 1. The van der Waals surface area contributed by atoms with Crippen molar-refractivity contribution >= 4 is 29.1 Å². The standard InChI is InChI=1S/C25H21ClN4O4/c26-19-8-6-16(7-9-19)22-28-24(34-29-22)17-10-12-30(13-11-17)25(32)18-3-1-4-20(15-18)27-23(31)21-5-2-14-33-21/h1-9,14-15,17H,10-13H2,(H,27,31). The molecule has 0 atom stereocenters. The molecule has 2 aromatic heterocycles. The fourth-order valence-electron chi connectivity index (χ4n) is 3.96. The van der Waals surface area contributed by atoms with Crippen molar-refractivity contribution in [3.05, 3.63) is 89.2 Å². The topological polar surface area (TPSA) is 101 Å². The molecule has 3 heterocycles. The molecular formula is C25H21ClN4O4. The number of aromatic nitrogens is 2. The molecule has 0 bridgehead atoms. The Kier molecular flexibility index (Phi) is 6.14. The van der Waals surface area contributed by atoms with E-state index in [1.807, 2.05) is 12.1 Å². The maximum atomic E-state index is 13.1. The van der Waals surface area contributed by atoms with Crippen molar-refractivity contribution in [1.29, 1.82) is 0 Å². The second kappa shape index (κ2) is 9.52. The number of anilines is 1. The van der Waals surface area contributed by atoms with E-state index in [0.29, 0.717) is 41.1 Å². The average molecular weight is 477 g/mol. The summed E-state index contributed by atoms with van der Waals surface area (Å²) in [6.07, 6.45) is 2.89.